The number of carbonyl (C=O) groups excluding carboxylic acids is 2. The fourth-order valence-electron chi connectivity index (χ4n) is 2.06. The van der Waals surface area contributed by atoms with Gasteiger partial charge < -0.3 is 20.1 Å². The quantitative estimate of drug-likeness (QED) is 0.773. The SMILES string of the molecule is CCOc1ccccc1NC(=O)CNC(=O)COc1ccc(C)cc1. The lowest BCUT2D eigenvalue weighted by molar-refractivity contribution is -0.125. The summed E-state index contributed by atoms with van der Waals surface area (Å²) in [6, 6.07) is 14.5. The smallest absolute Gasteiger partial charge is 0.258 e. The molecular weight excluding hydrogens is 320 g/mol. The van der Waals surface area contributed by atoms with Crippen LogP contribution in [0.4, 0.5) is 5.69 Å². The predicted octanol–water partition coefficient (Wildman–Crippen LogP) is 2.53. The van der Waals surface area contributed by atoms with Crippen LogP contribution in [0, 0.1) is 6.92 Å². The first kappa shape index (κ1) is 18.3. The van der Waals surface area contributed by atoms with Gasteiger partial charge in [-0.2, -0.15) is 0 Å². The molecule has 0 saturated carbocycles. The molecule has 2 aromatic carbocycles. The zero-order valence-electron chi connectivity index (χ0n) is 14.4. The van der Waals surface area contributed by atoms with Gasteiger partial charge in [-0.25, -0.2) is 0 Å². The van der Waals surface area contributed by atoms with E-state index < -0.39 is 0 Å². The van der Waals surface area contributed by atoms with Crippen LogP contribution in [-0.2, 0) is 9.59 Å². The summed E-state index contributed by atoms with van der Waals surface area (Å²) in [5.74, 6) is 0.493. The standard InChI is InChI=1S/C19H22N2O4/c1-3-24-17-7-5-4-6-16(17)21-18(22)12-20-19(23)13-25-15-10-8-14(2)9-11-15/h4-11H,3,12-13H2,1-2H3,(H,20,23)(H,21,22). The molecule has 0 atom stereocenters. The lowest BCUT2D eigenvalue weighted by Crippen LogP contribution is -2.35. The number of ether oxygens (including phenoxy) is 2. The molecule has 132 valence electrons. The number of hydrogen-bond acceptors (Lipinski definition) is 4. The van der Waals surface area contributed by atoms with E-state index in [1.165, 1.54) is 0 Å². The zero-order valence-corrected chi connectivity index (χ0v) is 14.4. The fraction of sp³-hybridized carbons (Fsp3) is 0.263. The van der Waals surface area contributed by atoms with E-state index in [-0.39, 0.29) is 25.0 Å². The molecule has 0 radical (unpaired) electrons. The summed E-state index contributed by atoms with van der Waals surface area (Å²) >= 11 is 0. The van der Waals surface area contributed by atoms with Gasteiger partial charge in [0.15, 0.2) is 6.61 Å². The van der Waals surface area contributed by atoms with Gasteiger partial charge in [0, 0.05) is 0 Å². The summed E-state index contributed by atoms with van der Waals surface area (Å²) in [6.07, 6.45) is 0. The van der Waals surface area contributed by atoms with E-state index in [1.807, 2.05) is 32.0 Å². The molecule has 25 heavy (non-hydrogen) atoms. The monoisotopic (exact) mass is 342 g/mol. The van der Waals surface area contributed by atoms with Crippen LogP contribution in [0.1, 0.15) is 12.5 Å². The number of rotatable bonds is 8. The van der Waals surface area contributed by atoms with Crippen molar-refractivity contribution in [1.29, 1.82) is 0 Å². The first-order valence-electron chi connectivity index (χ1n) is 8.06. The van der Waals surface area contributed by atoms with Crippen molar-refractivity contribution in [1.82, 2.24) is 5.32 Å². The average Bonchev–Trinajstić information content (AvgIpc) is 2.61. The summed E-state index contributed by atoms with van der Waals surface area (Å²) in [4.78, 5) is 23.7. The molecule has 0 heterocycles. The molecule has 2 amide bonds. The van der Waals surface area contributed by atoms with Crippen molar-refractivity contribution in [2.75, 3.05) is 25.1 Å². The molecule has 0 spiro atoms. The second-order valence-corrected chi connectivity index (χ2v) is 5.36. The Morgan fingerprint density at radius 3 is 2.40 bits per heavy atom. The van der Waals surface area contributed by atoms with Crippen LogP contribution in [0.15, 0.2) is 48.5 Å². The number of amides is 2. The number of hydrogen-bond donors (Lipinski definition) is 2. The summed E-state index contributed by atoms with van der Waals surface area (Å²) in [7, 11) is 0. The molecule has 0 aliphatic rings. The molecule has 0 aliphatic carbocycles. The van der Waals surface area contributed by atoms with Gasteiger partial charge >= 0.3 is 0 Å². The minimum atomic E-state index is -0.367. The molecule has 6 nitrogen and oxygen atoms in total. The van der Waals surface area contributed by atoms with Gasteiger partial charge in [0.2, 0.25) is 5.91 Å². The number of anilines is 1. The molecule has 2 aromatic rings. The topological polar surface area (TPSA) is 76.7 Å². The molecule has 6 heteroatoms. The number of aryl methyl sites for hydroxylation is 1. The third kappa shape index (κ3) is 6.18. The largest absolute Gasteiger partial charge is 0.492 e. The van der Waals surface area contributed by atoms with Crippen molar-refractivity contribution in [2.24, 2.45) is 0 Å². The molecule has 2 rings (SSSR count). The van der Waals surface area contributed by atoms with Gasteiger partial charge in [-0.15, -0.1) is 0 Å². The average molecular weight is 342 g/mol. The van der Waals surface area contributed by atoms with Crippen molar-refractivity contribution in [3.8, 4) is 11.5 Å². The number of para-hydroxylation sites is 2. The first-order valence-corrected chi connectivity index (χ1v) is 8.06. The van der Waals surface area contributed by atoms with Crippen LogP contribution in [0.5, 0.6) is 11.5 Å². The third-order valence-corrected chi connectivity index (χ3v) is 3.30. The molecule has 2 N–H and O–H groups in total. The van der Waals surface area contributed by atoms with Crippen molar-refractivity contribution < 1.29 is 19.1 Å². The summed E-state index contributed by atoms with van der Waals surface area (Å²) in [5.41, 5.74) is 1.68. The lowest BCUT2D eigenvalue weighted by Gasteiger charge is -2.12. The highest BCUT2D eigenvalue weighted by atomic mass is 16.5. The van der Waals surface area contributed by atoms with Gasteiger partial charge in [0.05, 0.1) is 18.8 Å². The molecule has 0 aromatic heterocycles. The van der Waals surface area contributed by atoms with Gasteiger partial charge in [0.25, 0.3) is 5.91 Å². The van der Waals surface area contributed by atoms with E-state index in [9.17, 15) is 9.59 Å². The van der Waals surface area contributed by atoms with E-state index in [2.05, 4.69) is 10.6 Å². The summed E-state index contributed by atoms with van der Waals surface area (Å²) in [6.45, 7) is 4.05. The van der Waals surface area contributed by atoms with Crippen molar-refractivity contribution >= 4 is 17.5 Å². The Balaban J connectivity index is 1.76. The van der Waals surface area contributed by atoms with Crippen LogP contribution in [0.2, 0.25) is 0 Å². The second-order valence-electron chi connectivity index (χ2n) is 5.36. The molecule has 0 aliphatic heterocycles. The summed E-state index contributed by atoms with van der Waals surface area (Å²) < 4.78 is 10.8. The van der Waals surface area contributed by atoms with Crippen LogP contribution in [0.25, 0.3) is 0 Å². The summed E-state index contributed by atoms with van der Waals surface area (Å²) in [5, 5.41) is 5.23. The number of carbonyl (C=O) groups is 2. The molecule has 0 saturated heterocycles. The zero-order chi connectivity index (χ0) is 18.1. The molecule has 0 bridgehead atoms. The fourth-order valence-corrected chi connectivity index (χ4v) is 2.06. The highest BCUT2D eigenvalue weighted by Gasteiger charge is 2.09. The lowest BCUT2D eigenvalue weighted by atomic mass is 10.2. The van der Waals surface area contributed by atoms with Crippen LogP contribution in [0.3, 0.4) is 0 Å². The van der Waals surface area contributed by atoms with Crippen molar-refractivity contribution in [3.63, 3.8) is 0 Å². The van der Waals surface area contributed by atoms with Crippen LogP contribution >= 0.6 is 0 Å². The number of benzene rings is 2. The maximum absolute atomic E-state index is 12.0. The van der Waals surface area contributed by atoms with Gasteiger partial charge in [-0.3, -0.25) is 9.59 Å². The third-order valence-electron chi connectivity index (χ3n) is 3.30. The Labute approximate surface area is 147 Å². The van der Waals surface area contributed by atoms with Crippen LogP contribution < -0.4 is 20.1 Å². The van der Waals surface area contributed by atoms with E-state index >= 15 is 0 Å². The maximum atomic E-state index is 12.0. The highest BCUT2D eigenvalue weighted by molar-refractivity contribution is 5.95. The minimum absolute atomic E-state index is 0.142. The van der Waals surface area contributed by atoms with E-state index in [0.717, 1.165) is 5.56 Å². The van der Waals surface area contributed by atoms with Gasteiger partial charge in [-0.1, -0.05) is 29.8 Å². The Hall–Kier alpha value is -3.02. The van der Waals surface area contributed by atoms with Crippen molar-refractivity contribution in [3.05, 3.63) is 54.1 Å². The normalized spacial score (nSPS) is 10.0. The van der Waals surface area contributed by atoms with Gasteiger partial charge in [0.1, 0.15) is 11.5 Å². The molecular formula is C19H22N2O4. The first-order chi connectivity index (χ1) is 12.1. The van der Waals surface area contributed by atoms with Crippen LogP contribution in [-0.4, -0.2) is 31.6 Å². The van der Waals surface area contributed by atoms with Gasteiger partial charge in [-0.05, 0) is 38.1 Å². The Morgan fingerprint density at radius 1 is 0.960 bits per heavy atom. The van der Waals surface area contributed by atoms with Crippen molar-refractivity contribution in [2.45, 2.75) is 13.8 Å². The van der Waals surface area contributed by atoms with E-state index in [4.69, 9.17) is 9.47 Å². The second kappa shape index (κ2) is 9.32. The molecule has 0 fully saturated rings. The van der Waals surface area contributed by atoms with E-state index in [1.54, 1.807) is 30.3 Å². The highest BCUT2D eigenvalue weighted by Crippen LogP contribution is 2.23. The maximum Gasteiger partial charge on any atom is 0.258 e. The van der Waals surface area contributed by atoms with E-state index in [0.29, 0.717) is 23.8 Å². The molecule has 0 unspecified atom stereocenters. The minimum Gasteiger partial charge on any atom is -0.492 e. The Morgan fingerprint density at radius 2 is 1.68 bits per heavy atom. The Bertz CT molecular complexity index is 714. The predicted molar refractivity (Wildman–Crippen MR) is 95.9 cm³/mol. The number of nitrogens with one attached hydrogen (secondary N) is 2. The Kier molecular flexibility index (Phi) is 6.83.